The zero-order chi connectivity index (χ0) is 20.8. The van der Waals surface area contributed by atoms with Gasteiger partial charge in [0, 0.05) is 74.5 Å². The highest BCUT2D eigenvalue weighted by Gasteiger charge is 2.22. The van der Waals surface area contributed by atoms with E-state index in [0.29, 0.717) is 5.69 Å². The Kier molecular flexibility index (Phi) is 6.67. The number of rotatable bonds is 7. The first-order valence-electron chi connectivity index (χ1n) is 10.7. The van der Waals surface area contributed by atoms with E-state index < -0.39 is 6.10 Å². The maximum atomic E-state index is 10.9. The highest BCUT2D eigenvalue weighted by Crippen LogP contribution is 2.30. The normalized spacial score (nSPS) is 15.9. The molecule has 1 atom stereocenters. The van der Waals surface area contributed by atoms with Gasteiger partial charge in [0.05, 0.1) is 5.69 Å². The van der Waals surface area contributed by atoms with Crippen molar-refractivity contribution >= 4 is 5.69 Å². The van der Waals surface area contributed by atoms with Crippen molar-refractivity contribution in [2.24, 2.45) is 0 Å². The minimum absolute atomic E-state index is 0.676. The maximum absolute atomic E-state index is 10.9. The van der Waals surface area contributed by atoms with Crippen LogP contribution in [0.1, 0.15) is 42.1 Å². The number of para-hydroxylation sites is 1. The van der Waals surface area contributed by atoms with E-state index in [1.807, 2.05) is 48.8 Å². The summed E-state index contributed by atoms with van der Waals surface area (Å²) in [7, 11) is 0. The second kappa shape index (κ2) is 9.78. The molecule has 6 nitrogen and oxygen atoms in total. The van der Waals surface area contributed by atoms with E-state index in [2.05, 4.69) is 37.7 Å². The van der Waals surface area contributed by atoms with Crippen LogP contribution in [0.2, 0.25) is 0 Å². The second-order valence-corrected chi connectivity index (χ2v) is 7.74. The molecule has 4 rings (SSSR count). The van der Waals surface area contributed by atoms with Gasteiger partial charge in [-0.3, -0.25) is 9.88 Å². The number of aromatic nitrogens is 3. The van der Waals surface area contributed by atoms with Crippen LogP contribution < -0.4 is 4.90 Å². The minimum Gasteiger partial charge on any atom is -0.382 e. The van der Waals surface area contributed by atoms with Crippen LogP contribution in [0.4, 0.5) is 5.69 Å². The van der Waals surface area contributed by atoms with Gasteiger partial charge in [0.15, 0.2) is 0 Å². The molecule has 0 radical (unpaired) electrons. The summed E-state index contributed by atoms with van der Waals surface area (Å²) in [5.41, 5.74) is 3.83. The van der Waals surface area contributed by atoms with Crippen molar-refractivity contribution in [1.82, 2.24) is 19.9 Å². The van der Waals surface area contributed by atoms with Gasteiger partial charge in [-0.25, -0.2) is 9.97 Å². The number of anilines is 1. The van der Waals surface area contributed by atoms with E-state index in [4.69, 9.17) is 0 Å². The Bertz CT molecular complexity index is 924. The van der Waals surface area contributed by atoms with Crippen LogP contribution >= 0.6 is 0 Å². The Morgan fingerprint density at radius 3 is 2.37 bits per heavy atom. The molecule has 0 aliphatic carbocycles. The molecule has 3 aromatic rings. The third-order valence-electron chi connectivity index (χ3n) is 5.55. The number of piperazine rings is 1. The quantitative estimate of drug-likeness (QED) is 0.653. The number of hydrogen-bond acceptors (Lipinski definition) is 6. The number of aliphatic hydroxyl groups excluding tert-OH is 1. The summed E-state index contributed by atoms with van der Waals surface area (Å²) in [6.07, 6.45) is 6.92. The summed E-state index contributed by atoms with van der Waals surface area (Å²) >= 11 is 0. The van der Waals surface area contributed by atoms with Crippen LogP contribution in [0.15, 0.2) is 61.1 Å². The van der Waals surface area contributed by atoms with Crippen LogP contribution in [-0.4, -0.2) is 51.1 Å². The van der Waals surface area contributed by atoms with E-state index in [9.17, 15) is 5.11 Å². The van der Waals surface area contributed by atoms with Crippen LogP contribution in [-0.2, 0) is 13.0 Å². The fourth-order valence-electron chi connectivity index (χ4n) is 3.92. The monoisotopic (exact) mass is 403 g/mol. The number of nitrogens with zero attached hydrogens (tertiary/aromatic N) is 5. The zero-order valence-electron chi connectivity index (χ0n) is 17.5. The lowest BCUT2D eigenvalue weighted by Crippen LogP contribution is -2.46. The lowest BCUT2D eigenvalue weighted by molar-refractivity contribution is 0.214. The van der Waals surface area contributed by atoms with Gasteiger partial charge >= 0.3 is 0 Å². The first-order chi connectivity index (χ1) is 14.7. The van der Waals surface area contributed by atoms with Gasteiger partial charge in [-0.2, -0.15) is 0 Å². The van der Waals surface area contributed by atoms with E-state index in [0.717, 1.165) is 68.2 Å². The predicted octanol–water partition coefficient (Wildman–Crippen LogP) is 3.23. The van der Waals surface area contributed by atoms with Gasteiger partial charge in [-0.15, -0.1) is 0 Å². The van der Waals surface area contributed by atoms with Crippen LogP contribution in [0.25, 0.3) is 0 Å². The second-order valence-electron chi connectivity index (χ2n) is 7.74. The molecule has 2 aromatic heterocycles. The largest absolute Gasteiger partial charge is 0.382 e. The molecule has 30 heavy (non-hydrogen) atoms. The summed E-state index contributed by atoms with van der Waals surface area (Å²) < 4.78 is 0. The Labute approximate surface area is 178 Å². The highest BCUT2D eigenvalue weighted by atomic mass is 16.3. The predicted molar refractivity (Wildman–Crippen MR) is 118 cm³/mol. The summed E-state index contributed by atoms with van der Waals surface area (Å²) in [5.74, 6) is 0.925. The van der Waals surface area contributed by atoms with Gasteiger partial charge in [-0.1, -0.05) is 31.2 Å². The van der Waals surface area contributed by atoms with Crippen molar-refractivity contribution in [2.45, 2.75) is 32.4 Å². The molecular weight excluding hydrogens is 374 g/mol. The summed E-state index contributed by atoms with van der Waals surface area (Å²) in [6, 6.07) is 13.7. The van der Waals surface area contributed by atoms with E-state index >= 15 is 0 Å². The van der Waals surface area contributed by atoms with Crippen LogP contribution in [0.5, 0.6) is 0 Å². The Morgan fingerprint density at radius 1 is 0.933 bits per heavy atom. The molecule has 0 amide bonds. The van der Waals surface area contributed by atoms with Crippen molar-refractivity contribution in [3.8, 4) is 0 Å². The number of benzene rings is 1. The van der Waals surface area contributed by atoms with Crippen LogP contribution in [0, 0.1) is 0 Å². The Balaban J connectivity index is 1.40. The van der Waals surface area contributed by atoms with Crippen molar-refractivity contribution in [2.75, 3.05) is 31.1 Å². The zero-order valence-corrected chi connectivity index (χ0v) is 17.5. The average molecular weight is 404 g/mol. The number of aryl methyl sites for hydroxylation is 1. The molecular formula is C24H29N5O. The third-order valence-corrected chi connectivity index (χ3v) is 5.55. The minimum atomic E-state index is -0.723. The molecule has 3 heterocycles. The molecule has 0 spiro atoms. The fourth-order valence-corrected chi connectivity index (χ4v) is 3.92. The van der Waals surface area contributed by atoms with E-state index in [1.54, 1.807) is 6.20 Å². The number of aliphatic hydroxyl groups is 1. The van der Waals surface area contributed by atoms with Crippen molar-refractivity contribution in [3.05, 3.63) is 83.7 Å². The standard InChI is InChI=1S/C24H29N5O/c1-2-7-23-26-16-19(17-27-23)18-28-12-14-29(15-13-28)22-10-4-3-8-20(22)24(30)21-9-5-6-11-25-21/h3-6,8-11,16-17,24,30H,2,7,12-15,18H2,1H3. The van der Waals surface area contributed by atoms with Crippen molar-refractivity contribution in [1.29, 1.82) is 0 Å². The summed E-state index contributed by atoms with van der Waals surface area (Å²) in [4.78, 5) is 18.1. The number of pyridine rings is 1. The molecule has 1 aliphatic heterocycles. The first-order valence-corrected chi connectivity index (χ1v) is 10.7. The maximum Gasteiger partial charge on any atom is 0.128 e. The van der Waals surface area contributed by atoms with Gasteiger partial charge in [0.1, 0.15) is 11.9 Å². The first kappa shape index (κ1) is 20.4. The van der Waals surface area contributed by atoms with Crippen molar-refractivity contribution in [3.63, 3.8) is 0 Å². The lowest BCUT2D eigenvalue weighted by atomic mass is 10.0. The highest BCUT2D eigenvalue weighted by molar-refractivity contribution is 5.56. The molecule has 1 fully saturated rings. The van der Waals surface area contributed by atoms with E-state index in [1.165, 1.54) is 0 Å². The fraction of sp³-hybridized carbons (Fsp3) is 0.375. The summed E-state index contributed by atoms with van der Waals surface area (Å²) in [5, 5.41) is 10.9. The molecule has 1 saturated heterocycles. The molecule has 6 heteroatoms. The average Bonchev–Trinajstić information content (AvgIpc) is 2.81. The smallest absolute Gasteiger partial charge is 0.128 e. The topological polar surface area (TPSA) is 65.4 Å². The van der Waals surface area contributed by atoms with Gasteiger partial charge < -0.3 is 10.0 Å². The lowest BCUT2D eigenvalue weighted by Gasteiger charge is -2.37. The Hall–Kier alpha value is -2.83. The van der Waals surface area contributed by atoms with Crippen molar-refractivity contribution < 1.29 is 5.11 Å². The SMILES string of the molecule is CCCc1ncc(CN2CCN(c3ccccc3C(O)c3ccccn3)CC2)cn1. The number of hydrogen-bond donors (Lipinski definition) is 1. The molecule has 1 aromatic carbocycles. The van der Waals surface area contributed by atoms with Gasteiger partial charge in [0.2, 0.25) is 0 Å². The molecule has 1 N–H and O–H groups in total. The Morgan fingerprint density at radius 2 is 1.67 bits per heavy atom. The molecule has 0 bridgehead atoms. The van der Waals surface area contributed by atoms with Gasteiger partial charge in [-0.05, 0) is 24.6 Å². The molecule has 156 valence electrons. The molecule has 0 saturated carbocycles. The van der Waals surface area contributed by atoms with Crippen LogP contribution in [0.3, 0.4) is 0 Å². The third kappa shape index (κ3) is 4.83. The molecule has 1 aliphatic rings. The van der Waals surface area contributed by atoms with E-state index in [-0.39, 0.29) is 0 Å². The van der Waals surface area contributed by atoms with Gasteiger partial charge in [0.25, 0.3) is 0 Å². The molecule has 1 unspecified atom stereocenters. The summed E-state index contributed by atoms with van der Waals surface area (Å²) in [6.45, 7) is 6.78.